The number of carbonyl (C=O) groups excluding carboxylic acids is 4. The Hall–Kier alpha value is -4.09. The Morgan fingerprint density at radius 3 is 1.13 bits per heavy atom. The Bertz CT molecular complexity index is 1420. The highest BCUT2D eigenvalue weighted by atomic mass is 19.4. The number of esters is 4. The van der Waals surface area contributed by atoms with Gasteiger partial charge in [0.25, 0.3) is 0 Å². The van der Waals surface area contributed by atoms with Crippen molar-refractivity contribution in [2.75, 3.05) is 19.8 Å². The zero-order chi connectivity index (χ0) is 42.8. The van der Waals surface area contributed by atoms with Crippen LogP contribution < -0.4 is 0 Å². The normalized spacial score (nSPS) is 14.5. The first-order valence-electron chi connectivity index (χ1n) is 13.6. The van der Waals surface area contributed by atoms with Gasteiger partial charge in [0.05, 0.1) is 6.42 Å². The molecule has 306 valence electrons. The molecule has 0 amide bonds. The highest BCUT2D eigenvalue weighted by molar-refractivity contribution is 5.88. The number of rotatable bonds is 19. The van der Waals surface area contributed by atoms with Crippen LogP contribution >= 0.6 is 0 Å². The summed E-state index contributed by atoms with van der Waals surface area (Å²) >= 11 is 0. The van der Waals surface area contributed by atoms with Crippen molar-refractivity contribution in [3.05, 3.63) is 36.5 Å². The lowest BCUT2D eigenvalue weighted by molar-refractivity contribution is -0.462. The molecular weight excluding hydrogens is 787 g/mol. The van der Waals surface area contributed by atoms with Crippen LogP contribution in [0.4, 0.5) is 74.6 Å². The van der Waals surface area contributed by atoms with Gasteiger partial charge in [-0.15, -0.1) is 0 Å². The van der Waals surface area contributed by atoms with Crippen molar-refractivity contribution in [2.45, 2.75) is 87.9 Å². The Morgan fingerprint density at radius 1 is 0.509 bits per heavy atom. The Labute approximate surface area is 286 Å². The van der Waals surface area contributed by atoms with Crippen LogP contribution in [0.25, 0.3) is 0 Å². The summed E-state index contributed by atoms with van der Waals surface area (Å²) in [6.07, 6.45) is -14.6. The maximum Gasteiger partial charge on any atom is 0.460 e. The second kappa shape index (κ2) is 15.7. The average molecular weight is 814 g/mol. The minimum atomic E-state index is -8.88. The molecule has 0 rings (SSSR count). The summed E-state index contributed by atoms with van der Waals surface area (Å²) in [4.78, 5) is 48.6. The van der Waals surface area contributed by atoms with Gasteiger partial charge in [0, 0.05) is 16.7 Å². The molecule has 0 aliphatic carbocycles. The van der Waals surface area contributed by atoms with Gasteiger partial charge in [0.1, 0.15) is 31.3 Å². The lowest BCUT2D eigenvalue weighted by atomic mass is 9.87. The van der Waals surface area contributed by atoms with Gasteiger partial charge >= 0.3 is 71.5 Å². The molecule has 8 nitrogen and oxygen atoms in total. The van der Waals surface area contributed by atoms with Crippen LogP contribution in [0, 0.1) is 5.41 Å². The smallest absolute Gasteiger partial charge is 0.460 e. The summed E-state index contributed by atoms with van der Waals surface area (Å²) in [6, 6.07) is 0. The summed E-state index contributed by atoms with van der Waals surface area (Å²) in [5.41, 5.74) is -4.01. The second-order valence-electron chi connectivity index (χ2n) is 11.5. The van der Waals surface area contributed by atoms with E-state index in [-0.39, 0.29) is 11.1 Å². The molecule has 0 aromatic rings. The molecule has 0 aromatic heterocycles. The molecular formula is C28H27F17O8. The van der Waals surface area contributed by atoms with Gasteiger partial charge in [-0.2, -0.15) is 74.6 Å². The number of carbonyl (C=O) groups is 4. The zero-order valence-electron chi connectivity index (χ0n) is 27.2. The quantitative estimate of drug-likeness (QED) is 0.0567. The molecule has 0 saturated heterocycles. The van der Waals surface area contributed by atoms with Crippen LogP contribution in [0.3, 0.4) is 0 Å². The first kappa shape index (κ1) is 48.9. The second-order valence-corrected chi connectivity index (χ2v) is 11.5. The summed E-state index contributed by atoms with van der Waals surface area (Å²) in [5.74, 6) is -65.1. The molecule has 0 radical (unpaired) electrons. The van der Waals surface area contributed by atoms with Gasteiger partial charge < -0.3 is 18.9 Å². The van der Waals surface area contributed by atoms with Crippen LogP contribution in [0.15, 0.2) is 36.5 Å². The summed E-state index contributed by atoms with van der Waals surface area (Å²) in [7, 11) is 0. The molecule has 0 N–H and O–H groups in total. The minimum absolute atomic E-state index is 0.366. The number of halogens is 17. The van der Waals surface area contributed by atoms with E-state index < -0.39 is 115 Å². The fourth-order valence-corrected chi connectivity index (χ4v) is 3.19. The molecule has 0 spiro atoms. The van der Waals surface area contributed by atoms with Crippen LogP contribution in [0.2, 0.25) is 0 Å². The molecule has 1 unspecified atom stereocenters. The average Bonchev–Trinajstić information content (AvgIpc) is 2.99. The number of hydrogen-bond donors (Lipinski definition) is 0. The van der Waals surface area contributed by atoms with Gasteiger partial charge in [-0.3, -0.25) is 4.79 Å². The fraction of sp³-hybridized carbons (Fsp3) is 0.643. The number of alkyl halides is 17. The van der Waals surface area contributed by atoms with Crippen molar-refractivity contribution in [2.24, 2.45) is 5.41 Å². The Morgan fingerprint density at radius 2 is 0.811 bits per heavy atom. The first-order chi connectivity index (χ1) is 23.2. The molecule has 25 heteroatoms. The van der Waals surface area contributed by atoms with Crippen LogP contribution in [0.5, 0.6) is 0 Å². The third kappa shape index (κ3) is 9.54. The van der Waals surface area contributed by atoms with E-state index >= 15 is 0 Å². The van der Waals surface area contributed by atoms with Crippen molar-refractivity contribution in [3.63, 3.8) is 0 Å². The van der Waals surface area contributed by atoms with Crippen LogP contribution in [-0.4, -0.2) is 97.4 Å². The molecule has 0 aromatic carbocycles. The SMILES string of the molecule is C=C(C)C(=O)OCC(CC(F)(F)C(F)(F)C(F)(F)C(F)(F)C(F)(F)C(F)(F)C(F)(F)C(F)(F)F)OC(=O)C(C)(COC(=O)C(=C)C)COC(=O)C(=C)C. The van der Waals surface area contributed by atoms with Gasteiger partial charge in [0.2, 0.25) is 0 Å². The van der Waals surface area contributed by atoms with Crippen molar-refractivity contribution >= 4 is 23.9 Å². The molecule has 0 fully saturated rings. The van der Waals surface area contributed by atoms with Crippen LogP contribution in [0.1, 0.15) is 34.1 Å². The number of ether oxygens (including phenoxy) is 4. The first-order valence-corrected chi connectivity index (χ1v) is 13.6. The molecule has 0 saturated carbocycles. The molecule has 0 bridgehead atoms. The zero-order valence-corrected chi connectivity index (χ0v) is 27.2. The molecule has 1 atom stereocenters. The Kier molecular flexibility index (Phi) is 14.5. The van der Waals surface area contributed by atoms with E-state index in [1.807, 2.05) is 0 Å². The largest absolute Gasteiger partial charge is 0.461 e. The molecule has 0 aliphatic heterocycles. The predicted molar refractivity (Wildman–Crippen MR) is 141 cm³/mol. The highest BCUT2D eigenvalue weighted by Crippen LogP contribution is 2.64. The third-order valence-electron chi connectivity index (χ3n) is 6.53. The van der Waals surface area contributed by atoms with Gasteiger partial charge in [-0.05, 0) is 27.7 Å². The summed E-state index contributed by atoms with van der Waals surface area (Å²) in [5, 5.41) is 0. The summed E-state index contributed by atoms with van der Waals surface area (Å²) < 4.78 is 252. The third-order valence-corrected chi connectivity index (χ3v) is 6.53. The maximum atomic E-state index is 14.9. The van der Waals surface area contributed by atoms with E-state index in [0.717, 1.165) is 20.8 Å². The predicted octanol–water partition coefficient (Wildman–Crippen LogP) is 7.66. The standard InChI is InChI=1S/C28H27F17O8/c1-12(2)16(46)50-9-15(53-19(49)20(7,10-51-17(47)13(3)4)11-52-18(48)14(5)6)8-21(29,30)22(31,32)23(33,34)24(35,36)25(37,38)26(39,40)27(41,42)28(43,44)45/h15H,1,3,5,8-11H2,2,4,6-7H3. The van der Waals surface area contributed by atoms with E-state index in [1.165, 1.54) is 0 Å². The van der Waals surface area contributed by atoms with E-state index in [4.69, 9.17) is 0 Å². The van der Waals surface area contributed by atoms with Gasteiger partial charge in [-0.1, -0.05) is 19.7 Å². The van der Waals surface area contributed by atoms with Gasteiger partial charge in [-0.25, -0.2) is 14.4 Å². The molecule has 0 aliphatic rings. The van der Waals surface area contributed by atoms with Crippen molar-refractivity contribution in [3.8, 4) is 0 Å². The molecule has 53 heavy (non-hydrogen) atoms. The summed E-state index contributed by atoms with van der Waals surface area (Å²) in [6.45, 7) is 8.35. The minimum Gasteiger partial charge on any atom is -0.461 e. The van der Waals surface area contributed by atoms with E-state index in [9.17, 15) is 93.8 Å². The van der Waals surface area contributed by atoms with Crippen molar-refractivity contribution in [1.82, 2.24) is 0 Å². The highest BCUT2D eigenvalue weighted by Gasteiger charge is 2.95. The van der Waals surface area contributed by atoms with Crippen molar-refractivity contribution in [1.29, 1.82) is 0 Å². The van der Waals surface area contributed by atoms with E-state index in [2.05, 4.69) is 38.7 Å². The van der Waals surface area contributed by atoms with Crippen molar-refractivity contribution < 1.29 is 113 Å². The molecule has 0 heterocycles. The lowest BCUT2D eigenvalue weighted by Crippen LogP contribution is -2.74. The van der Waals surface area contributed by atoms with Crippen LogP contribution in [-0.2, 0) is 38.1 Å². The van der Waals surface area contributed by atoms with E-state index in [1.54, 1.807) is 0 Å². The lowest BCUT2D eigenvalue weighted by Gasteiger charge is -2.43. The Balaban J connectivity index is 7.10. The monoisotopic (exact) mass is 814 g/mol. The number of hydrogen-bond acceptors (Lipinski definition) is 8. The topological polar surface area (TPSA) is 105 Å². The maximum absolute atomic E-state index is 14.9. The fourth-order valence-electron chi connectivity index (χ4n) is 3.19. The van der Waals surface area contributed by atoms with Gasteiger partial charge in [0.15, 0.2) is 0 Å². The van der Waals surface area contributed by atoms with E-state index in [0.29, 0.717) is 6.92 Å².